The number of nitrogens with zero attached hydrogens (tertiary/aromatic N) is 3. The van der Waals surface area contributed by atoms with Crippen LogP contribution in [0.25, 0.3) is 0 Å². The van der Waals surface area contributed by atoms with Crippen LogP contribution in [0.1, 0.15) is 5.69 Å². The molecule has 10 heteroatoms. The Labute approximate surface area is 108 Å². The summed E-state index contributed by atoms with van der Waals surface area (Å²) >= 11 is 0. The second kappa shape index (κ2) is 5.91. The third-order valence-corrected chi connectivity index (χ3v) is 2.26. The van der Waals surface area contributed by atoms with E-state index in [2.05, 4.69) is 20.6 Å². The molecule has 1 aromatic rings. The van der Waals surface area contributed by atoms with Gasteiger partial charge in [0.2, 0.25) is 17.7 Å². The van der Waals surface area contributed by atoms with Gasteiger partial charge in [-0.3, -0.25) is 14.9 Å². The molecule has 0 aliphatic heterocycles. The van der Waals surface area contributed by atoms with Crippen molar-refractivity contribution >= 4 is 23.4 Å². The molecule has 10 nitrogen and oxygen atoms in total. The Morgan fingerprint density at radius 2 is 2.21 bits per heavy atom. The van der Waals surface area contributed by atoms with E-state index in [4.69, 9.17) is 5.73 Å². The number of aromatic nitrogens is 2. The van der Waals surface area contributed by atoms with Gasteiger partial charge in [0.05, 0.1) is 11.5 Å². The molecule has 0 radical (unpaired) electrons. The standard InChI is InChI=1S/C9H14N6O4/c1-4-6(15(18)19)8(14-9(11-2)13-4)12-3-5(16)7(10)17/h5,16H,3H2,1-2H3,(H2,10,17)(H2,11,12,13,14). The van der Waals surface area contributed by atoms with Gasteiger partial charge < -0.3 is 21.5 Å². The van der Waals surface area contributed by atoms with E-state index in [1.807, 2.05) is 0 Å². The van der Waals surface area contributed by atoms with Crippen LogP contribution in [0, 0.1) is 17.0 Å². The number of amides is 1. The first-order valence-corrected chi connectivity index (χ1v) is 5.28. The predicted molar refractivity (Wildman–Crippen MR) is 66.7 cm³/mol. The largest absolute Gasteiger partial charge is 0.381 e. The smallest absolute Gasteiger partial charge is 0.332 e. The number of aliphatic hydroxyl groups is 1. The number of rotatable bonds is 6. The number of hydrogen-bond acceptors (Lipinski definition) is 8. The van der Waals surface area contributed by atoms with Crippen molar-refractivity contribution in [3.8, 4) is 0 Å². The summed E-state index contributed by atoms with van der Waals surface area (Å²) in [6.07, 6.45) is -1.46. The minimum absolute atomic E-state index is 0.0952. The zero-order chi connectivity index (χ0) is 14.6. The fourth-order valence-corrected chi connectivity index (χ4v) is 1.31. The van der Waals surface area contributed by atoms with E-state index in [-0.39, 0.29) is 29.7 Å². The van der Waals surface area contributed by atoms with Gasteiger partial charge in [0, 0.05) is 7.05 Å². The third-order valence-electron chi connectivity index (χ3n) is 2.26. The second-order valence-corrected chi connectivity index (χ2v) is 3.64. The number of nitro groups is 1. The van der Waals surface area contributed by atoms with Crippen LogP contribution in [0.4, 0.5) is 17.5 Å². The molecule has 5 N–H and O–H groups in total. The van der Waals surface area contributed by atoms with Gasteiger partial charge in [0.15, 0.2) is 0 Å². The first kappa shape index (κ1) is 14.6. The van der Waals surface area contributed by atoms with Crippen molar-refractivity contribution in [3.05, 3.63) is 15.8 Å². The molecule has 0 aromatic carbocycles. The summed E-state index contributed by atoms with van der Waals surface area (Å²) in [6.45, 7) is 1.17. The van der Waals surface area contributed by atoms with E-state index in [1.54, 1.807) is 7.05 Å². The molecule has 0 bridgehead atoms. The third kappa shape index (κ3) is 3.48. The van der Waals surface area contributed by atoms with Crippen molar-refractivity contribution in [2.24, 2.45) is 5.73 Å². The van der Waals surface area contributed by atoms with Crippen LogP contribution in [0.15, 0.2) is 0 Å². The van der Waals surface area contributed by atoms with E-state index in [0.29, 0.717) is 0 Å². The molecule has 1 unspecified atom stereocenters. The fourth-order valence-electron chi connectivity index (χ4n) is 1.31. The molecule has 104 valence electrons. The van der Waals surface area contributed by atoms with Crippen LogP contribution in [0.3, 0.4) is 0 Å². The number of anilines is 2. The minimum Gasteiger partial charge on any atom is -0.381 e. The Bertz CT molecular complexity index is 506. The number of carbonyl (C=O) groups is 1. The highest BCUT2D eigenvalue weighted by Crippen LogP contribution is 2.26. The zero-order valence-electron chi connectivity index (χ0n) is 10.4. The topological polar surface area (TPSA) is 156 Å². The van der Waals surface area contributed by atoms with E-state index in [9.17, 15) is 20.0 Å². The van der Waals surface area contributed by atoms with E-state index >= 15 is 0 Å². The average Bonchev–Trinajstić information content (AvgIpc) is 2.34. The summed E-state index contributed by atoms with van der Waals surface area (Å²) in [5.41, 5.74) is 4.71. The van der Waals surface area contributed by atoms with Gasteiger partial charge in [-0.05, 0) is 6.92 Å². The summed E-state index contributed by atoms with van der Waals surface area (Å²) in [5.74, 6) is -0.851. The lowest BCUT2D eigenvalue weighted by atomic mass is 10.3. The van der Waals surface area contributed by atoms with Crippen LogP contribution in [-0.4, -0.2) is 45.6 Å². The number of nitrogens with two attached hydrogens (primary N) is 1. The molecule has 1 aromatic heterocycles. The maximum absolute atomic E-state index is 10.9. The van der Waals surface area contributed by atoms with Gasteiger partial charge in [0.1, 0.15) is 11.8 Å². The van der Waals surface area contributed by atoms with Crippen molar-refractivity contribution in [3.63, 3.8) is 0 Å². The lowest BCUT2D eigenvalue weighted by Crippen LogP contribution is -2.34. The van der Waals surface area contributed by atoms with Gasteiger partial charge in [-0.25, -0.2) is 4.98 Å². The molecular formula is C9H14N6O4. The summed E-state index contributed by atoms with van der Waals surface area (Å²) < 4.78 is 0. The molecule has 0 aliphatic rings. The molecule has 19 heavy (non-hydrogen) atoms. The highest BCUT2D eigenvalue weighted by molar-refractivity contribution is 5.79. The first-order valence-electron chi connectivity index (χ1n) is 5.28. The number of hydrogen-bond donors (Lipinski definition) is 4. The van der Waals surface area contributed by atoms with Crippen molar-refractivity contribution in [2.45, 2.75) is 13.0 Å². The Morgan fingerprint density at radius 1 is 1.58 bits per heavy atom. The van der Waals surface area contributed by atoms with Gasteiger partial charge in [0.25, 0.3) is 0 Å². The number of aryl methyl sites for hydroxylation is 1. The number of nitrogens with one attached hydrogen (secondary N) is 2. The predicted octanol–water partition coefficient (Wildman–Crippen LogP) is -1.01. The molecular weight excluding hydrogens is 256 g/mol. The van der Waals surface area contributed by atoms with E-state index in [0.717, 1.165) is 0 Å². The number of carbonyl (C=O) groups excluding carboxylic acids is 1. The molecule has 0 aliphatic carbocycles. The monoisotopic (exact) mass is 270 g/mol. The SMILES string of the molecule is CNc1nc(C)c([N+](=O)[O-])c(NCC(O)C(N)=O)n1. The molecule has 0 spiro atoms. The molecule has 0 fully saturated rings. The number of aliphatic hydroxyl groups excluding tert-OH is 1. The van der Waals surface area contributed by atoms with Crippen LogP contribution < -0.4 is 16.4 Å². The molecule has 0 saturated heterocycles. The van der Waals surface area contributed by atoms with Crippen molar-refractivity contribution < 1.29 is 14.8 Å². The summed E-state index contributed by atoms with van der Waals surface area (Å²) in [7, 11) is 1.56. The molecule has 0 saturated carbocycles. The van der Waals surface area contributed by atoms with Crippen LogP contribution >= 0.6 is 0 Å². The summed E-state index contributed by atoms with van der Waals surface area (Å²) in [6, 6.07) is 0. The Balaban J connectivity index is 3.06. The second-order valence-electron chi connectivity index (χ2n) is 3.64. The molecule has 1 amide bonds. The molecule has 1 heterocycles. The molecule has 1 rings (SSSR count). The van der Waals surface area contributed by atoms with Gasteiger partial charge >= 0.3 is 5.69 Å². The van der Waals surface area contributed by atoms with Crippen LogP contribution in [0.2, 0.25) is 0 Å². The van der Waals surface area contributed by atoms with Gasteiger partial charge in [-0.1, -0.05) is 0 Å². The Morgan fingerprint density at radius 3 is 2.68 bits per heavy atom. The quantitative estimate of drug-likeness (QED) is 0.378. The summed E-state index contributed by atoms with van der Waals surface area (Å²) in [4.78, 5) is 28.7. The molecule has 1 atom stereocenters. The van der Waals surface area contributed by atoms with E-state index < -0.39 is 16.9 Å². The van der Waals surface area contributed by atoms with Gasteiger partial charge in [-0.15, -0.1) is 0 Å². The van der Waals surface area contributed by atoms with Crippen molar-refractivity contribution in [1.29, 1.82) is 0 Å². The lowest BCUT2D eigenvalue weighted by molar-refractivity contribution is -0.385. The first-order chi connectivity index (χ1) is 8.86. The highest BCUT2D eigenvalue weighted by atomic mass is 16.6. The normalized spacial score (nSPS) is 11.7. The minimum atomic E-state index is -1.46. The lowest BCUT2D eigenvalue weighted by Gasteiger charge is -2.11. The van der Waals surface area contributed by atoms with Crippen molar-refractivity contribution in [2.75, 3.05) is 24.2 Å². The fraction of sp³-hybridized carbons (Fsp3) is 0.444. The maximum Gasteiger partial charge on any atom is 0.332 e. The van der Waals surface area contributed by atoms with Crippen LogP contribution in [0.5, 0.6) is 0 Å². The number of primary amides is 1. The van der Waals surface area contributed by atoms with Crippen molar-refractivity contribution in [1.82, 2.24) is 9.97 Å². The highest BCUT2D eigenvalue weighted by Gasteiger charge is 2.23. The Hall–Kier alpha value is -2.49. The van der Waals surface area contributed by atoms with Gasteiger partial charge in [-0.2, -0.15) is 4.98 Å². The summed E-state index contributed by atoms with van der Waals surface area (Å²) in [5, 5.41) is 25.3. The van der Waals surface area contributed by atoms with Crippen LogP contribution in [-0.2, 0) is 4.79 Å². The zero-order valence-corrected chi connectivity index (χ0v) is 10.4. The maximum atomic E-state index is 10.9. The van der Waals surface area contributed by atoms with E-state index in [1.165, 1.54) is 6.92 Å². The average molecular weight is 270 g/mol. The Kier molecular flexibility index (Phi) is 4.53.